The summed E-state index contributed by atoms with van der Waals surface area (Å²) < 4.78 is 6.78. The van der Waals surface area contributed by atoms with Crippen molar-refractivity contribution in [2.75, 3.05) is 13.1 Å². The van der Waals surface area contributed by atoms with E-state index in [1.165, 1.54) is 10.6 Å². The summed E-state index contributed by atoms with van der Waals surface area (Å²) in [5, 5.41) is 0. The Bertz CT molecular complexity index is 649. The van der Waals surface area contributed by atoms with Gasteiger partial charge in [0, 0.05) is 43.9 Å². The minimum atomic E-state index is -0.520. The van der Waals surface area contributed by atoms with E-state index in [0.717, 1.165) is 0 Å². The molecule has 126 valence electrons. The molecule has 0 aromatic carbocycles. The predicted molar refractivity (Wildman–Crippen MR) is 86.5 cm³/mol. The van der Waals surface area contributed by atoms with Gasteiger partial charge in [0.2, 0.25) is 0 Å². The van der Waals surface area contributed by atoms with Gasteiger partial charge in [0.15, 0.2) is 5.78 Å². The van der Waals surface area contributed by atoms with Gasteiger partial charge in [-0.15, -0.1) is 0 Å². The van der Waals surface area contributed by atoms with Crippen LogP contribution in [-0.4, -0.2) is 40.0 Å². The van der Waals surface area contributed by atoms with Gasteiger partial charge in [0.25, 0.3) is 5.56 Å². The van der Waals surface area contributed by atoms with Crippen molar-refractivity contribution in [2.45, 2.75) is 39.2 Å². The molecule has 1 aliphatic heterocycles. The number of ketones is 1. The van der Waals surface area contributed by atoms with E-state index in [0.29, 0.717) is 31.5 Å². The van der Waals surface area contributed by atoms with Crippen LogP contribution in [0.1, 0.15) is 44.0 Å². The maximum Gasteiger partial charge on any atom is 0.410 e. The minimum absolute atomic E-state index is 0.0217. The van der Waals surface area contributed by atoms with Crippen molar-refractivity contribution in [3.8, 4) is 0 Å². The molecular formula is C17H24N2O4. The molecule has 1 fully saturated rings. The van der Waals surface area contributed by atoms with Crippen LogP contribution in [0.15, 0.2) is 23.1 Å². The average Bonchev–Trinajstić information content (AvgIpc) is 2.48. The zero-order chi connectivity index (χ0) is 17.2. The Balaban J connectivity index is 1.96. The summed E-state index contributed by atoms with van der Waals surface area (Å²) in [4.78, 5) is 37.8. The molecule has 1 amide bonds. The highest BCUT2D eigenvalue weighted by Gasteiger charge is 2.30. The smallest absolute Gasteiger partial charge is 0.410 e. The molecule has 0 saturated carbocycles. The van der Waals surface area contributed by atoms with Crippen LogP contribution in [0.3, 0.4) is 0 Å². The summed E-state index contributed by atoms with van der Waals surface area (Å²) in [6.07, 6.45) is 2.45. The van der Waals surface area contributed by atoms with Crippen LogP contribution in [0.4, 0.5) is 4.79 Å². The zero-order valence-electron chi connectivity index (χ0n) is 14.2. The van der Waals surface area contributed by atoms with Gasteiger partial charge in [-0.05, 0) is 39.7 Å². The van der Waals surface area contributed by atoms with Gasteiger partial charge in [-0.3, -0.25) is 9.59 Å². The van der Waals surface area contributed by atoms with Crippen molar-refractivity contribution in [1.29, 1.82) is 0 Å². The number of nitrogens with zero attached hydrogens (tertiary/aromatic N) is 2. The summed E-state index contributed by atoms with van der Waals surface area (Å²) in [6.45, 7) is 6.48. The highest BCUT2D eigenvalue weighted by molar-refractivity contribution is 5.97. The van der Waals surface area contributed by atoms with Crippen LogP contribution in [0.5, 0.6) is 0 Å². The molecule has 1 aromatic rings. The molecule has 0 atom stereocenters. The maximum absolute atomic E-state index is 12.5. The van der Waals surface area contributed by atoms with Crippen LogP contribution in [0.2, 0.25) is 0 Å². The largest absolute Gasteiger partial charge is 0.444 e. The predicted octanol–water partition coefficient (Wildman–Crippen LogP) is 2.22. The summed E-state index contributed by atoms with van der Waals surface area (Å²) in [5.41, 5.74) is -0.265. The normalized spacial score (nSPS) is 16.3. The Hall–Kier alpha value is -2.11. The minimum Gasteiger partial charge on any atom is -0.444 e. The van der Waals surface area contributed by atoms with Crippen molar-refractivity contribution < 1.29 is 14.3 Å². The zero-order valence-corrected chi connectivity index (χ0v) is 14.2. The first-order valence-electron chi connectivity index (χ1n) is 7.86. The molecule has 6 heteroatoms. The molecule has 0 radical (unpaired) electrons. The van der Waals surface area contributed by atoms with Crippen molar-refractivity contribution in [3.05, 3.63) is 34.2 Å². The van der Waals surface area contributed by atoms with Crippen molar-refractivity contribution >= 4 is 11.9 Å². The Kier molecular flexibility index (Phi) is 4.92. The number of likely N-dealkylation sites (tertiary alicyclic amines) is 1. The lowest BCUT2D eigenvalue weighted by Gasteiger charge is -2.32. The Morgan fingerprint density at radius 3 is 2.35 bits per heavy atom. The number of hydrogen-bond donors (Lipinski definition) is 0. The van der Waals surface area contributed by atoms with Crippen molar-refractivity contribution in [3.63, 3.8) is 0 Å². The first kappa shape index (κ1) is 17.2. The van der Waals surface area contributed by atoms with E-state index in [2.05, 4.69) is 0 Å². The molecule has 0 bridgehead atoms. The summed E-state index contributed by atoms with van der Waals surface area (Å²) in [6, 6.07) is 3.05. The monoisotopic (exact) mass is 320 g/mol. The number of piperidine rings is 1. The highest BCUT2D eigenvalue weighted by atomic mass is 16.6. The van der Waals surface area contributed by atoms with Crippen molar-refractivity contribution in [1.82, 2.24) is 9.47 Å². The van der Waals surface area contributed by atoms with Gasteiger partial charge < -0.3 is 14.2 Å². The van der Waals surface area contributed by atoms with E-state index in [4.69, 9.17) is 4.74 Å². The fourth-order valence-electron chi connectivity index (χ4n) is 2.59. The number of amides is 1. The Morgan fingerprint density at radius 1 is 1.22 bits per heavy atom. The number of aromatic nitrogens is 1. The lowest BCUT2D eigenvalue weighted by Crippen LogP contribution is -2.43. The lowest BCUT2D eigenvalue weighted by molar-refractivity contribution is 0.0182. The van der Waals surface area contributed by atoms with Gasteiger partial charge in [-0.2, -0.15) is 0 Å². The number of pyridine rings is 1. The third-order valence-electron chi connectivity index (χ3n) is 3.91. The molecule has 0 spiro atoms. The summed E-state index contributed by atoms with van der Waals surface area (Å²) in [5.74, 6) is -0.174. The van der Waals surface area contributed by atoms with Crippen LogP contribution in [-0.2, 0) is 11.8 Å². The molecule has 0 unspecified atom stereocenters. The standard InChI is InChI=1S/C17H24N2O4/c1-17(2,3)23-16(22)19-9-6-12(7-10-19)15(21)13-5-8-18(4)14(20)11-13/h5,8,11-12H,6-7,9-10H2,1-4H3. The number of carbonyl (C=O) groups is 2. The van der Waals surface area contributed by atoms with Crippen LogP contribution >= 0.6 is 0 Å². The molecule has 2 rings (SSSR count). The second-order valence-corrected chi connectivity index (χ2v) is 6.97. The lowest BCUT2D eigenvalue weighted by atomic mass is 9.89. The maximum atomic E-state index is 12.5. The highest BCUT2D eigenvalue weighted by Crippen LogP contribution is 2.22. The second kappa shape index (κ2) is 6.56. The fourth-order valence-corrected chi connectivity index (χ4v) is 2.59. The first-order valence-corrected chi connectivity index (χ1v) is 7.86. The van der Waals surface area contributed by atoms with Gasteiger partial charge in [-0.1, -0.05) is 0 Å². The molecule has 1 saturated heterocycles. The number of Topliss-reactive ketones (excluding diaryl/α,β-unsaturated/α-hetero) is 1. The number of hydrogen-bond acceptors (Lipinski definition) is 4. The second-order valence-electron chi connectivity index (χ2n) is 6.97. The van der Waals surface area contributed by atoms with Gasteiger partial charge in [-0.25, -0.2) is 4.79 Å². The Morgan fingerprint density at radius 2 is 1.83 bits per heavy atom. The molecule has 1 aliphatic rings. The van der Waals surface area contributed by atoms with E-state index in [1.807, 2.05) is 20.8 Å². The van der Waals surface area contributed by atoms with Crippen LogP contribution in [0, 0.1) is 5.92 Å². The van der Waals surface area contributed by atoms with E-state index < -0.39 is 5.60 Å². The number of carbonyl (C=O) groups excluding carboxylic acids is 2. The van der Waals surface area contributed by atoms with E-state index in [-0.39, 0.29) is 23.4 Å². The van der Waals surface area contributed by atoms with E-state index in [1.54, 1.807) is 24.2 Å². The van der Waals surface area contributed by atoms with Crippen LogP contribution in [0.25, 0.3) is 0 Å². The molecule has 0 aliphatic carbocycles. The summed E-state index contributed by atoms with van der Waals surface area (Å²) in [7, 11) is 1.65. The van der Waals surface area contributed by atoms with Gasteiger partial charge in [0.05, 0.1) is 0 Å². The van der Waals surface area contributed by atoms with E-state index in [9.17, 15) is 14.4 Å². The van der Waals surface area contributed by atoms with Gasteiger partial charge >= 0.3 is 6.09 Å². The number of rotatable bonds is 2. The third-order valence-corrected chi connectivity index (χ3v) is 3.91. The summed E-state index contributed by atoms with van der Waals surface area (Å²) >= 11 is 0. The number of aryl methyl sites for hydroxylation is 1. The fraction of sp³-hybridized carbons (Fsp3) is 0.588. The molecule has 23 heavy (non-hydrogen) atoms. The van der Waals surface area contributed by atoms with Crippen LogP contribution < -0.4 is 5.56 Å². The molecule has 1 aromatic heterocycles. The Labute approximate surface area is 136 Å². The molecule has 0 N–H and O–H groups in total. The molecule has 6 nitrogen and oxygen atoms in total. The van der Waals surface area contributed by atoms with Crippen molar-refractivity contribution in [2.24, 2.45) is 13.0 Å². The number of ether oxygens (including phenoxy) is 1. The first-order chi connectivity index (χ1) is 10.7. The SMILES string of the molecule is Cn1ccc(C(=O)C2CCN(C(=O)OC(C)(C)C)CC2)cc1=O. The van der Waals surface area contributed by atoms with E-state index >= 15 is 0 Å². The van der Waals surface area contributed by atoms with Gasteiger partial charge in [0.1, 0.15) is 5.60 Å². The average molecular weight is 320 g/mol. The quantitative estimate of drug-likeness (QED) is 0.784. The molecule has 2 heterocycles. The molecular weight excluding hydrogens is 296 g/mol. The topological polar surface area (TPSA) is 68.6 Å². The third kappa shape index (κ3) is 4.43.